The lowest BCUT2D eigenvalue weighted by Gasteiger charge is -2.10. The van der Waals surface area contributed by atoms with Crippen molar-refractivity contribution in [2.24, 2.45) is 0 Å². The number of amides is 1. The van der Waals surface area contributed by atoms with E-state index in [0.717, 1.165) is 12.3 Å². The highest BCUT2D eigenvalue weighted by Gasteiger charge is 2.19. The van der Waals surface area contributed by atoms with Gasteiger partial charge in [0.2, 0.25) is 0 Å². The summed E-state index contributed by atoms with van der Waals surface area (Å²) in [4.78, 5) is 15.7. The monoisotopic (exact) mass is 352 g/mol. The van der Waals surface area contributed by atoms with E-state index in [1.54, 1.807) is 13.8 Å². The van der Waals surface area contributed by atoms with Crippen molar-refractivity contribution in [3.05, 3.63) is 59.7 Å². The van der Waals surface area contributed by atoms with E-state index in [-0.39, 0.29) is 28.7 Å². The normalized spacial score (nSPS) is 11.5. The molecule has 1 aromatic heterocycles. The molecule has 0 bridgehead atoms. The number of ether oxygens (including phenoxy) is 1. The first kappa shape index (κ1) is 18.0. The third kappa shape index (κ3) is 4.59. The fourth-order valence-electron chi connectivity index (χ4n) is 1.83. The van der Waals surface area contributed by atoms with Crippen LogP contribution >= 0.6 is 0 Å². The number of aromatic nitrogens is 1. The highest BCUT2D eigenvalue weighted by Crippen LogP contribution is 2.14. The minimum atomic E-state index is -4.04. The number of rotatable bonds is 6. The van der Waals surface area contributed by atoms with E-state index >= 15 is 0 Å². The first-order chi connectivity index (χ1) is 11.3. The van der Waals surface area contributed by atoms with E-state index in [1.165, 1.54) is 30.5 Å². The summed E-state index contributed by atoms with van der Waals surface area (Å²) in [7, 11) is -4.04. The third-order valence-electron chi connectivity index (χ3n) is 3.05. The molecule has 0 radical (unpaired) electrons. The molecule has 2 rings (SSSR count). The van der Waals surface area contributed by atoms with Gasteiger partial charge in [-0.05, 0) is 44.2 Å². The minimum Gasteiger partial charge on any atom is -0.374 e. The van der Waals surface area contributed by atoms with E-state index < -0.39 is 21.7 Å². The molecule has 1 N–H and O–H groups in total. The topological polar surface area (TPSA) is 85.4 Å². The van der Waals surface area contributed by atoms with Crippen molar-refractivity contribution in [2.75, 3.05) is 0 Å². The number of nitrogens with one attached hydrogen (secondary N) is 1. The fraction of sp³-hybridized carbons (Fsp3) is 0.250. The largest absolute Gasteiger partial charge is 0.374 e. The molecule has 1 amide bonds. The van der Waals surface area contributed by atoms with Gasteiger partial charge in [-0.15, -0.1) is 0 Å². The molecule has 1 heterocycles. The van der Waals surface area contributed by atoms with Gasteiger partial charge in [0.1, 0.15) is 10.7 Å². The molecule has 0 aliphatic heterocycles. The Morgan fingerprint density at radius 2 is 2.08 bits per heavy atom. The number of carbonyl (C=O) groups excluding carboxylic acids is 1. The van der Waals surface area contributed by atoms with Crippen molar-refractivity contribution < 1.29 is 22.3 Å². The van der Waals surface area contributed by atoms with Crippen molar-refractivity contribution >= 4 is 15.9 Å². The molecule has 6 nitrogen and oxygen atoms in total. The van der Waals surface area contributed by atoms with E-state index in [0.29, 0.717) is 0 Å². The molecule has 0 atom stereocenters. The number of hydrogen-bond acceptors (Lipinski definition) is 5. The Balaban J connectivity index is 2.19. The zero-order valence-corrected chi connectivity index (χ0v) is 14.0. The number of hydrogen-bond donors (Lipinski definition) is 1. The number of carbonyl (C=O) groups is 1. The Morgan fingerprint density at radius 3 is 2.71 bits per heavy atom. The molecule has 0 aliphatic carbocycles. The van der Waals surface area contributed by atoms with Gasteiger partial charge >= 0.3 is 0 Å². The fourth-order valence-corrected chi connectivity index (χ4v) is 2.77. The van der Waals surface area contributed by atoms with Crippen molar-refractivity contribution in [1.82, 2.24) is 9.71 Å². The van der Waals surface area contributed by atoms with Crippen LogP contribution < -0.4 is 4.72 Å². The lowest BCUT2D eigenvalue weighted by molar-refractivity contribution is 0.0639. The van der Waals surface area contributed by atoms with Gasteiger partial charge < -0.3 is 4.74 Å². The molecule has 0 fully saturated rings. The third-order valence-corrected chi connectivity index (χ3v) is 4.37. The number of nitrogens with zero attached hydrogens (tertiary/aromatic N) is 1. The van der Waals surface area contributed by atoms with Crippen LogP contribution in [0.2, 0.25) is 0 Å². The molecule has 0 saturated heterocycles. The maximum atomic E-state index is 13.7. The molecule has 128 valence electrons. The molecule has 0 spiro atoms. The second kappa shape index (κ2) is 7.50. The van der Waals surface area contributed by atoms with Crippen LogP contribution in [0.5, 0.6) is 0 Å². The number of benzene rings is 1. The number of halogens is 1. The van der Waals surface area contributed by atoms with Crippen LogP contribution in [0.3, 0.4) is 0 Å². The molecule has 1 aromatic carbocycles. The summed E-state index contributed by atoms with van der Waals surface area (Å²) in [5.74, 6) is -1.38. The second-order valence-corrected chi connectivity index (χ2v) is 6.97. The van der Waals surface area contributed by atoms with E-state index in [4.69, 9.17) is 4.74 Å². The summed E-state index contributed by atoms with van der Waals surface area (Å²) in [6, 6.07) is 6.34. The molecule has 0 saturated carbocycles. The summed E-state index contributed by atoms with van der Waals surface area (Å²) in [5.41, 5.74) is 0.196. The van der Waals surface area contributed by atoms with Gasteiger partial charge in [0.15, 0.2) is 0 Å². The summed E-state index contributed by atoms with van der Waals surface area (Å²) < 4.78 is 45.2. The molecule has 0 unspecified atom stereocenters. The van der Waals surface area contributed by atoms with Gasteiger partial charge in [-0.25, -0.2) is 17.5 Å². The van der Waals surface area contributed by atoms with Crippen LogP contribution in [-0.4, -0.2) is 25.4 Å². The maximum absolute atomic E-state index is 13.7. The highest BCUT2D eigenvalue weighted by atomic mass is 32.2. The van der Waals surface area contributed by atoms with Gasteiger partial charge in [-0.1, -0.05) is 0 Å². The number of sulfonamides is 1. The lowest BCUT2D eigenvalue weighted by Crippen LogP contribution is -2.30. The van der Waals surface area contributed by atoms with E-state index in [2.05, 4.69) is 4.98 Å². The second-order valence-electron chi connectivity index (χ2n) is 5.29. The van der Waals surface area contributed by atoms with Gasteiger partial charge in [0.05, 0.1) is 12.7 Å². The minimum absolute atomic E-state index is 0.0139. The van der Waals surface area contributed by atoms with Crippen LogP contribution in [-0.2, 0) is 21.4 Å². The van der Waals surface area contributed by atoms with Gasteiger partial charge in [0.25, 0.3) is 15.9 Å². The summed E-state index contributed by atoms with van der Waals surface area (Å²) >= 11 is 0. The van der Waals surface area contributed by atoms with Gasteiger partial charge in [-0.2, -0.15) is 0 Å². The maximum Gasteiger partial charge on any atom is 0.265 e. The molecule has 24 heavy (non-hydrogen) atoms. The average Bonchev–Trinajstić information content (AvgIpc) is 2.54. The predicted octanol–water partition coefficient (Wildman–Crippen LogP) is 2.26. The summed E-state index contributed by atoms with van der Waals surface area (Å²) in [6.07, 6.45) is 2.44. The molecular weight excluding hydrogens is 335 g/mol. The van der Waals surface area contributed by atoms with Crippen molar-refractivity contribution in [3.63, 3.8) is 0 Å². The van der Waals surface area contributed by atoms with Gasteiger partial charge in [0, 0.05) is 23.5 Å². The average molecular weight is 352 g/mol. The van der Waals surface area contributed by atoms with Crippen LogP contribution in [0.4, 0.5) is 4.39 Å². The smallest absolute Gasteiger partial charge is 0.265 e. The SMILES string of the molecule is CC(C)OCc1cc(C(=O)NS(=O)(=O)c2cccnc2)ccc1F. The zero-order chi connectivity index (χ0) is 17.7. The standard InChI is InChI=1S/C16H17FN2O4S/c1-11(2)23-10-13-8-12(5-6-15(13)17)16(20)19-24(21,22)14-4-3-7-18-9-14/h3-9,11H,10H2,1-2H3,(H,19,20). The van der Waals surface area contributed by atoms with Crippen LogP contribution in [0, 0.1) is 5.82 Å². The Labute approximate surface area is 139 Å². The highest BCUT2D eigenvalue weighted by molar-refractivity contribution is 7.90. The molecule has 8 heteroatoms. The summed E-state index contributed by atoms with van der Waals surface area (Å²) in [5, 5.41) is 0. The molecule has 2 aromatic rings. The molecule has 0 aliphatic rings. The predicted molar refractivity (Wildman–Crippen MR) is 85.2 cm³/mol. The van der Waals surface area contributed by atoms with Crippen molar-refractivity contribution in [2.45, 2.75) is 31.5 Å². The quantitative estimate of drug-likeness (QED) is 0.862. The zero-order valence-electron chi connectivity index (χ0n) is 13.2. The molecular formula is C16H17FN2O4S. The summed E-state index contributed by atoms with van der Waals surface area (Å²) in [6.45, 7) is 3.59. The van der Waals surface area contributed by atoms with Gasteiger partial charge in [-0.3, -0.25) is 9.78 Å². The first-order valence-electron chi connectivity index (χ1n) is 7.17. The Morgan fingerprint density at radius 1 is 1.33 bits per heavy atom. The van der Waals surface area contributed by atoms with Crippen LogP contribution in [0.15, 0.2) is 47.6 Å². The Hall–Kier alpha value is -2.32. The van der Waals surface area contributed by atoms with E-state index in [1.807, 2.05) is 4.72 Å². The Kier molecular flexibility index (Phi) is 5.63. The number of pyridine rings is 1. The Bertz CT molecular complexity index is 823. The van der Waals surface area contributed by atoms with Crippen molar-refractivity contribution in [1.29, 1.82) is 0 Å². The lowest BCUT2D eigenvalue weighted by atomic mass is 10.1. The van der Waals surface area contributed by atoms with Crippen LogP contribution in [0.25, 0.3) is 0 Å². The first-order valence-corrected chi connectivity index (χ1v) is 8.65. The van der Waals surface area contributed by atoms with E-state index in [9.17, 15) is 17.6 Å². The van der Waals surface area contributed by atoms with Crippen LogP contribution in [0.1, 0.15) is 29.8 Å². The van der Waals surface area contributed by atoms with Crippen molar-refractivity contribution in [3.8, 4) is 0 Å².